The van der Waals surface area contributed by atoms with E-state index in [1.165, 1.54) is 38.0 Å². The second-order valence-electron chi connectivity index (χ2n) is 6.43. The number of ether oxygens (including phenoxy) is 4. The maximum Gasteiger partial charge on any atom is 0.315 e. The lowest BCUT2D eigenvalue weighted by Crippen LogP contribution is -2.72. The zero-order valence-corrected chi connectivity index (χ0v) is 16.1. The molecule has 10 heteroatoms. The van der Waals surface area contributed by atoms with Crippen molar-refractivity contribution in [1.82, 2.24) is 4.90 Å². The SMILES string of the molecule is COc1cc(OCC2(C(=O)O)CS[C@@H]3C(N)C(=O)N3C2)cc(OC)c1OC. The van der Waals surface area contributed by atoms with Crippen molar-refractivity contribution in [1.29, 1.82) is 0 Å². The maximum absolute atomic E-state index is 12.0. The molecule has 9 nitrogen and oxygen atoms in total. The Bertz CT molecular complexity index is 734. The summed E-state index contributed by atoms with van der Waals surface area (Å²) in [6.45, 7) is -0.0450. The minimum Gasteiger partial charge on any atom is -0.493 e. The number of hydrogen-bond acceptors (Lipinski definition) is 8. The molecule has 2 aliphatic heterocycles. The Morgan fingerprint density at radius 1 is 1.30 bits per heavy atom. The first-order chi connectivity index (χ1) is 12.9. The van der Waals surface area contributed by atoms with E-state index in [9.17, 15) is 14.7 Å². The molecule has 2 fully saturated rings. The fraction of sp³-hybridized carbons (Fsp3) is 0.529. The van der Waals surface area contributed by atoms with Gasteiger partial charge in [-0.2, -0.15) is 0 Å². The number of benzene rings is 1. The van der Waals surface area contributed by atoms with Crippen LogP contribution < -0.4 is 24.7 Å². The Kier molecular flexibility index (Phi) is 5.29. The normalized spacial score (nSPS) is 26.7. The molecule has 0 saturated carbocycles. The van der Waals surface area contributed by atoms with Gasteiger partial charge in [0.1, 0.15) is 29.2 Å². The molecule has 0 radical (unpaired) electrons. The van der Waals surface area contributed by atoms with Gasteiger partial charge in [0.15, 0.2) is 11.5 Å². The second kappa shape index (κ2) is 7.35. The number of aliphatic carboxylic acids is 1. The van der Waals surface area contributed by atoms with E-state index in [1.54, 1.807) is 12.1 Å². The molecule has 2 heterocycles. The highest BCUT2D eigenvalue weighted by Gasteiger charge is 2.56. The highest BCUT2D eigenvalue weighted by molar-refractivity contribution is 8.00. The fourth-order valence-electron chi connectivity index (χ4n) is 3.17. The number of hydrogen-bond donors (Lipinski definition) is 2. The van der Waals surface area contributed by atoms with Crippen molar-refractivity contribution in [2.24, 2.45) is 11.1 Å². The van der Waals surface area contributed by atoms with Crippen LogP contribution in [0.5, 0.6) is 23.0 Å². The van der Waals surface area contributed by atoms with Crippen LogP contribution in [0.15, 0.2) is 12.1 Å². The third-order valence-electron chi connectivity index (χ3n) is 4.79. The molecule has 3 N–H and O–H groups in total. The van der Waals surface area contributed by atoms with E-state index in [0.29, 0.717) is 28.8 Å². The Hall–Kier alpha value is -2.33. The van der Waals surface area contributed by atoms with E-state index in [0.717, 1.165) is 0 Å². The van der Waals surface area contributed by atoms with Crippen molar-refractivity contribution in [3.63, 3.8) is 0 Å². The van der Waals surface area contributed by atoms with Crippen LogP contribution in [0.3, 0.4) is 0 Å². The van der Waals surface area contributed by atoms with Crippen molar-refractivity contribution in [3.05, 3.63) is 12.1 Å². The Labute approximate surface area is 160 Å². The van der Waals surface area contributed by atoms with E-state index in [2.05, 4.69) is 0 Å². The van der Waals surface area contributed by atoms with Gasteiger partial charge in [-0.15, -0.1) is 11.8 Å². The summed E-state index contributed by atoms with van der Waals surface area (Å²) in [5.41, 5.74) is 4.54. The fourth-order valence-corrected chi connectivity index (χ4v) is 4.64. The first kappa shape index (κ1) is 19.4. The lowest BCUT2D eigenvalue weighted by molar-refractivity contribution is -0.158. The Balaban J connectivity index is 1.79. The highest BCUT2D eigenvalue weighted by atomic mass is 32.2. The number of methoxy groups -OCH3 is 3. The molecule has 0 bridgehead atoms. The molecule has 27 heavy (non-hydrogen) atoms. The number of amides is 1. The zero-order valence-electron chi connectivity index (χ0n) is 15.3. The van der Waals surface area contributed by atoms with E-state index in [4.69, 9.17) is 24.7 Å². The number of fused-ring (bicyclic) bond motifs is 1. The first-order valence-electron chi connectivity index (χ1n) is 8.20. The number of nitrogens with two attached hydrogens (primary N) is 1. The molecule has 1 amide bonds. The summed E-state index contributed by atoms with van der Waals surface area (Å²) in [7, 11) is 4.46. The van der Waals surface area contributed by atoms with Gasteiger partial charge in [-0.05, 0) is 0 Å². The molecular formula is C17H22N2O7S. The van der Waals surface area contributed by atoms with E-state index in [1.807, 2.05) is 0 Å². The smallest absolute Gasteiger partial charge is 0.315 e. The van der Waals surface area contributed by atoms with Crippen LogP contribution in [0.1, 0.15) is 0 Å². The summed E-state index contributed by atoms with van der Waals surface area (Å²) in [5.74, 6) is 0.645. The Morgan fingerprint density at radius 3 is 2.44 bits per heavy atom. The predicted octanol–water partition coefficient (Wildman–Crippen LogP) is 0.405. The van der Waals surface area contributed by atoms with Gasteiger partial charge in [0.05, 0.1) is 21.3 Å². The largest absolute Gasteiger partial charge is 0.493 e. The minimum absolute atomic E-state index is 0.0664. The molecule has 2 saturated heterocycles. The van der Waals surface area contributed by atoms with Crippen molar-refractivity contribution < 1.29 is 33.6 Å². The van der Waals surface area contributed by atoms with Crippen molar-refractivity contribution in [2.45, 2.75) is 11.4 Å². The standard InChI is InChI=1S/C17H22N2O7S/c1-23-10-4-9(5-11(24-2)13(10)25-3)26-7-17(16(21)22)6-19-14(20)12(18)15(19)27-8-17/h4-5,12,15H,6-8,18H2,1-3H3,(H,21,22)/t12?,15-,17?/m1/s1. The molecule has 0 aliphatic carbocycles. The second-order valence-corrected chi connectivity index (χ2v) is 7.53. The molecule has 3 atom stereocenters. The first-order valence-corrected chi connectivity index (χ1v) is 9.25. The highest BCUT2D eigenvalue weighted by Crippen LogP contribution is 2.44. The third-order valence-corrected chi connectivity index (χ3v) is 6.40. The molecule has 1 aromatic carbocycles. The van der Waals surface area contributed by atoms with Gasteiger partial charge in [0.2, 0.25) is 11.7 Å². The van der Waals surface area contributed by atoms with Gasteiger partial charge in [-0.1, -0.05) is 0 Å². The Morgan fingerprint density at radius 2 is 1.93 bits per heavy atom. The average molecular weight is 398 g/mol. The van der Waals surface area contributed by atoms with Crippen LogP contribution in [0, 0.1) is 5.41 Å². The predicted molar refractivity (Wildman–Crippen MR) is 97.6 cm³/mol. The summed E-state index contributed by atoms with van der Waals surface area (Å²) < 4.78 is 21.6. The van der Waals surface area contributed by atoms with Crippen LogP contribution >= 0.6 is 11.8 Å². The molecule has 0 aromatic heterocycles. The number of β-lactam (4-membered cyclic amide) rings is 1. The molecule has 2 aliphatic rings. The topological polar surface area (TPSA) is 121 Å². The molecule has 1 aromatic rings. The van der Waals surface area contributed by atoms with Gasteiger partial charge in [-0.3, -0.25) is 9.59 Å². The molecule has 2 unspecified atom stereocenters. The van der Waals surface area contributed by atoms with Crippen molar-refractivity contribution >= 4 is 23.6 Å². The molecule has 0 spiro atoms. The number of carbonyl (C=O) groups is 2. The van der Waals surface area contributed by atoms with Crippen LogP contribution in [0.25, 0.3) is 0 Å². The summed E-state index contributed by atoms with van der Waals surface area (Å²) in [5, 5.41) is 9.64. The lowest BCUT2D eigenvalue weighted by atomic mass is 9.88. The molecule has 148 valence electrons. The quantitative estimate of drug-likeness (QED) is 0.629. The third kappa shape index (κ3) is 3.23. The number of thioether (sulfide) groups is 1. The maximum atomic E-state index is 12.0. The van der Waals surface area contributed by atoms with Crippen LogP contribution in [0.2, 0.25) is 0 Å². The number of rotatable bonds is 7. The van der Waals surface area contributed by atoms with Gasteiger partial charge in [0, 0.05) is 24.4 Å². The summed E-state index contributed by atoms with van der Waals surface area (Å²) in [6, 6.07) is 2.64. The van der Waals surface area contributed by atoms with Gasteiger partial charge in [0.25, 0.3) is 0 Å². The average Bonchev–Trinajstić information content (AvgIpc) is 2.70. The van der Waals surface area contributed by atoms with Gasteiger partial charge in [-0.25, -0.2) is 0 Å². The van der Waals surface area contributed by atoms with E-state index < -0.39 is 17.4 Å². The van der Waals surface area contributed by atoms with Crippen molar-refractivity contribution in [3.8, 4) is 23.0 Å². The molecular weight excluding hydrogens is 376 g/mol. The van der Waals surface area contributed by atoms with Crippen molar-refractivity contribution in [2.75, 3.05) is 40.2 Å². The zero-order chi connectivity index (χ0) is 19.8. The number of carboxylic acids is 1. The lowest BCUT2D eigenvalue weighted by Gasteiger charge is -2.52. The summed E-state index contributed by atoms with van der Waals surface area (Å²) >= 11 is 1.37. The van der Waals surface area contributed by atoms with Gasteiger partial charge >= 0.3 is 5.97 Å². The van der Waals surface area contributed by atoms with Crippen LogP contribution in [0.4, 0.5) is 0 Å². The monoisotopic (exact) mass is 398 g/mol. The number of carboxylic acid groups (broad SMARTS) is 1. The van der Waals surface area contributed by atoms with Gasteiger partial charge < -0.3 is 34.7 Å². The van der Waals surface area contributed by atoms with Crippen LogP contribution in [-0.2, 0) is 9.59 Å². The number of nitrogens with zero attached hydrogens (tertiary/aromatic N) is 1. The van der Waals surface area contributed by atoms with Crippen LogP contribution in [-0.4, -0.2) is 73.5 Å². The van der Waals surface area contributed by atoms with E-state index in [-0.39, 0.29) is 24.4 Å². The molecule has 3 rings (SSSR count). The minimum atomic E-state index is -1.22. The van der Waals surface area contributed by atoms with E-state index >= 15 is 0 Å². The number of carbonyl (C=O) groups excluding carboxylic acids is 1. The summed E-state index contributed by atoms with van der Waals surface area (Å²) in [6.07, 6.45) is 0. The summed E-state index contributed by atoms with van der Waals surface area (Å²) in [4.78, 5) is 25.4.